The van der Waals surface area contributed by atoms with Gasteiger partial charge in [-0.25, -0.2) is 4.79 Å². The number of carboxylic acids is 1. The lowest BCUT2D eigenvalue weighted by Gasteiger charge is -2.13. The second-order valence-electron chi connectivity index (χ2n) is 4.64. The van der Waals surface area contributed by atoms with Crippen molar-refractivity contribution in [1.29, 1.82) is 0 Å². The van der Waals surface area contributed by atoms with Crippen LogP contribution in [0.15, 0.2) is 41.1 Å². The predicted octanol–water partition coefficient (Wildman–Crippen LogP) is 3.26. The Labute approximate surface area is 126 Å². The van der Waals surface area contributed by atoms with Crippen LogP contribution in [0.2, 0.25) is 0 Å². The standard InChI is InChI=1S/C15H16N2O3S/c1-10(12-6-7-21-9-12)16-15(20)17-13-4-2-11(3-5-13)8-14(18)19/h2-7,9-10H,8H2,1H3,(H,18,19)(H2,16,17,20). The molecule has 110 valence electrons. The molecule has 21 heavy (non-hydrogen) atoms. The number of urea groups is 1. The van der Waals surface area contributed by atoms with E-state index in [1.165, 1.54) is 0 Å². The number of benzene rings is 1. The van der Waals surface area contributed by atoms with Crippen LogP contribution in [0.5, 0.6) is 0 Å². The van der Waals surface area contributed by atoms with Crippen LogP contribution in [0, 0.1) is 0 Å². The first kappa shape index (κ1) is 15.1. The highest BCUT2D eigenvalue weighted by molar-refractivity contribution is 7.07. The normalized spacial score (nSPS) is 11.7. The van der Waals surface area contributed by atoms with Gasteiger partial charge in [0.2, 0.25) is 0 Å². The molecule has 1 atom stereocenters. The SMILES string of the molecule is CC(NC(=O)Nc1ccc(CC(=O)O)cc1)c1ccsc1. The third kappa shape index (κ3) is 4.61. The van der Waals surface area contributed by atoms with E-state index in [4.69, 9.17) is 5.11 Å². The van der Waals surface area contributed by atoms with Gasteiger partial charge in [0.05, 0.1) is 12.5 Å². The van der Waals surface area contributed by atoms with Crippen molar-refractivity contribution >= 4 is 29.0 Å². The molecule has 2 amide bonds. The van der Waals surface area contributed by atoms with Gasteiger partial charge >= 0.3 is 12.0 Å². The molecule has 6 heteroatoms. The van der Waals surface area contributed by atoms with Gasteiger partial charge in [-0.3, -0.25) is 4.79 Å². The second kappa shape index (κ2) is 6.90. The molecule has 2 rings (SSSR count). The number of thiophene rings is 1. The van der Waals surface area contributed by atoms with E-state index in [1.54, 1.807) is 35.6 Å². The molecule has 0 spiro atoms. The topological polar surface area (TPSA) is 78.4 Å². The minimum absolute atomic E-state index is 0.0261. The molecule has 3 N–H and O–H groups in total. The number of rotatable bonds is 5. The molecule has 2 aromatic rings. The zero-order chi connectivity index (χ0) is 15.2. The Morgan fingerprint density at radius 1 is 1.24 bits per heavy atom. The van der Waals surface area contributed by atoms with Gasteiger partial charge in [-0.1, -0.05) is 12.1 Å². The van der Waals surface area contributed by atoms with Gasteiger partial charge in [0, 0.05) is 5.69 Å². The maximum Gasteiger partial charge on any atom is 0.319 e. The highest BCUT2D eigenvalue weighted by Gasteiger charge is 2.09. The number of hydrogen-bond donors (Lipinski definition) is 3. The second-order valence-corrected chi connectivity index (χ2v) is 5.42. The van der Waals surface area contributed by atoms with Crippen LogP contribution in [0.3, 0.4) is 0 Å². The van der Waals surface area contributed by atoms with Crippen molar-refractivity contribution < 1.29 is 14.7 Å². The molecule has 5 nitrogen and oxygen atoms in total. The lowest BCUT2D eigenvalue weighted by atomic mass is 10.1. The highest BCUT2D eigenvalue weighted by Crippen LogP contribution is 2.16. The van der Waals surface area contributed by atoms with Crippen molar-refractivity contribution in [1.82, 2.24) is 5.32 Å². The summed E-state index contributed by atoms with van der Waals surface area (Å²) in [7, 11) is 0. The zero-order valence-electron chi connectivity index (χ0n) is 11.5. The number of anilines is 1. The number of nitrogens with one attached hydrogen (secondary N) is 2. The lowest BCUT2D eigenvalue weighted by Crippen LogP contribution is -2.30. The quantitative estimate of drug-likeness (QED) is 0.793. The third-order valence-electron chi connectivity index (χ3n) is 2.96. The molecule has 0 saturated heterocycles. The average Bonchev–Trinajstić information content (AvgIpc) is 2.94. The molecule has 0 bridgehead atoms. The minimum Gasteiger partial charge on any atom is -0.481 e. The van der Waals surface area contributed by atoms with Gasteiger partial charge in [0.25, 0.3) is 0 Å². The smallest absolute Gasteiger partial charge is 0.319 e. The van der Waals surface area contributed by atoms with E-state index in [-0.39, 0.29) is 18.5 Å². The molecule has 1 aromatic heterocycles. The Balaban J connectivity index is 1.89. The maximum absolute atomic E-state index is 11.9. The monoisotopic (exact) mass is 304 g/mol. The fourth-order valence-corrected chi connectivity index (χ4v) is 2.60. The Morgan fingerprint density at radius 3 is 2.52 bits per heavy atom. The molecular weight excluding hydrogens is 288 g/mol. The Hall–Kier alpha value is -2.34. The summed E-state index contributed by atoms with van der Waals surface area (Å²) in [5, 5.41) is 18.2. The van der Waals surface area contributed by atoms with Gasteiger partial charge in [-0.2, -0.15) is 11.3 Å². The number of carboxylic acid groups (broad SMARTS) is 1. The van der Waals surface area contributed by atoms with E-state index < -0.39 is 5.97 Å². The summed E-state index contributed by atoms with van der Waals surface area (Å²) >= 11 is 1.59. The predicted molar refractivity (Wildman–Crippen MR) is 82.7 cm³/mol. The van der Waals surface area contributed by atoms with Crippen LogP contribution in [-0.2, 0) is 11.2 Å². The summed E-state index contributed by atoms with van der Waals surface area (Å²) in [6, 6.07) is 8.36. The average molecular weight is 304 g/mol. The first-order valence-electron chi connectivity index (χ1n) is 6.45. The largest absolute Gasteiger partial charge is 0.481 e. The van der Waals surface area contributed by atoms with Gasteiger partial charge in [-0.15, -0.1) is 0 Å². The van der Waals surface area contributed by atoms with Gasteiger partial charge in [-0.05, 0) is 47.0 Å². The number of carbonyl (C=O) groups excluding carboxylic acids is 1. The summed E-state index contributed by atoms with van der Waals surface area (Å²) < 4.78 is 0. The minimum atomic E-state index is -0.877. The molecule has 1 unspecified atom stereocenters. The lowest BCUT2D eigenvalue weighted by molar-refractivity contribution is -0.136. The van der Waals surface area contributed by atoms with Gasteiger partial charge in [0.15, 0.2) is 0 Å². The fraction of sp³-hybridized carbons (Fsp3) is 0.200. The van der Waals surface area contributed by atoms with Gasteiger partial charge in [0.1, 0.15) is 0 Å². The summed E-state index contributed by atoms with van der Waals surface area (Å²) in [6.07, 6.45) is -0.0261. The van der Waals surface area contributed by atoms with E-state index in [1.807, 2.05) is 23.8 Å². The molecule has 1 heterocycles. The Bertz CT molecular complexity index is 608. The van der Waals surface area contributed by atoms with Crippen LogP contribution in [0.1, 0.15) is 24.1 Å². The van der Waals surface area contributed by atoms with Crippen molar-refractivity contribution in [3.63, 3.8) is 0 Å². The van der Waals surface area contributed by atoms with Crippen molar-refractivity contribution in [2.75, 3.05) is 5.32 Å². The van der Waals surface area contributed by atoms with Crippen molar-refractivity contribution in [3.8, 4) is 0 Å². The van der Waals surface area contributed by atoms with E-state index in [9.17, 15) is 9.59 Å². The van der Waals surface area contributed by atoms with Crippen LogP contribution < -0.4 is 10.6 Å². The molecule has 0 fully saturated rings. The van der Waals surface area contributed by atoms with Crippen LogP contribution in [0.4, 0.5) is 10.5 Å². The molecule has 0 saturated carbocycles. The van der Waals surface area contributed by atoms with Crippen molar-refractivity contribution in [2.24, 2.45) is 0 Å². The Morgan fingerprint density at radius 2 is 1.95 bits per heavy atom. The van der Waals surface area contributed by atoms with Crippen LogP contribution in [-0.4, -0.2) is 17.1 Å². The summed E-state index contributed by atoms with van der Waals surface area (Å²) in [6.45, 7) is 1.91. The zero-order valence-corrected chi connectivity index (χ0v) is 12.3. The first-order chi connectivity index (χ1) is 10.0. The number of hydrogen-bond acceptors (Lipinski definition) is 3. The van der Waals surface area contributed by atoms with E-state index in [0.29, 0.717) is 11.3 Å². The molecule has 0 aliphatic rings. The molecule has 0 aliphatic carbocycles. The van der Waals surface area contributed by atoms with E-state index >= 15 is 0 Å². The van der Waals surface area contributed by atoms with E-state index in [0.717, 1.165) is 5.56 Å². The van der Waals surface area contributed by atoms with Crippen molar-refractivity contribution in [3.05, 3.63) is 52.2 Å². The molecule has 1 aromatic carbocycles. The molecule has 0 aliphatic heterocycles. The van der Waals surface area contributed by atoms with Crippen LogP contribution >= 0.6 is 11.3 Å². The molecular formula is C15H16N2O3S. The van der Waals surface area contributed by atoms with E-state index in [2.05, 4.69) is 10.6 Å². The number of aliphatic carboxylic acids is 1. The number of carbonyl (C=O) groups is 2. The molecule has 0 radical (unpaired) electrons. The Kier molecular flexibility index (Phi) is 4.94. The maximum atomic E-state index is 11.9. The summed E-state index contributed by atoms with van der Waals surface area (Å²) in [5.74, 6) is -0.877. The highest BCUT2D eigenvalue weighted by atomic mass is 32.1. The van der Waals surface area contributed by atoms with Crippen LogP contribution in [0.25, 0.3) is 0 Å². The summed E-state index contributed by atoms with van der Waals surface area (Å²) in [5.41, 5.74) is 2.38. The van der Waals surface area contributed by atoms with Crippen molar-refractivity contribution in [2.45, 2.75) is 19.4 Å². The third-order valence-corrected chi connectivity index (χ3v) is 3.66. The number of amides is 2. The summed E-state index contributed by atoms with van der Waals surface area (Å²) in [4.78, 5) is 22.5. The fourth-order valence-electron chi connectivity index (χ4n) is 1.85. The first-order valence-corrected chi connectivity index (χ1v) is 7.39. The van der Waals surface area contributed by atoms with Gasteiger partial charge < -0.3 is 15.7 Å².